The van der Waals surface area contributed by atoms with Gasteiger partial charge >= 0.3 is 6.18 Å². The van der Waals surface area contributed by atoms with Gasteiger partial charge in [-0.15, -0.1) is 0 Å². The second kappa shape index (κ2) is 6.99. The molecule has 0 aliphatic carbocycles. The van der Waals surface area contributed by atoms with Gasteiger partial charge in [-0.25, -0.2) is 0 Å². The maximum Gasteiger partial charge on any atom is 0.411 e. The number of benzene rings is 1. The summed E-state index contributed by atoms with van der Waals surface area (Å²) in [6, 6.07) is 10.2. The van der Waals surface area contributed by atoms with E-state index < -0.39 is 12.8 Å². The van der Waals surface area contributed by atoms with Gasteiger partial charge in [-0.2, -0.15) is 13.2 Å². The van der Waals surface area contributed by atoms with Crippen LogP contribution in [0.1, 0.15) is 11.6 Å². The second-order valence-electron chi connectivity index (χ2n) is 4.27. The van der Waals surface area contributed by atoms with E-state index in [4.69, 9.17) is 0 Å². The highest BCUT2D eigenvalue weighted by Crippen LogP contribution is 2.25. The number of nitrogens with zero attached hydrogens (tertiary/aromatic N) is 1. The lowest BCUT2D eigenvalue weighted by Crippen LogP contribution is -2.20. The third kappa shape index (κ3) is 5.05. The Morgan fingerprint density at radius 2 is 2.05 bits per heavy atom. The minimum absolute atomic E-state index is 0.0265. The molecular weight excluding hydrogens is 289 g/mol. The Morgan fingerprint density at radius 1 is 1.30 bits per heavy atom. The molecule has 0 spiro atoms. The highest BCUT2D eigenvalue weighted by atomic mass is 32.2. The number of alkyl halides is 3. The van der Waals surface area contributed by atoms with Crippen molar-refractivity contribution in [1.29, 1.82) is 0 Å². The lowest BCUT2D eigenvalue weighted by atomic mass is 10.1. The zero-order chi connectivity index (χ0) is 14.4. The Labute approximate surface area is 119 Å². The fraction of sp³-hybridized carbons (Fsp3) is 0.462. The number of hydrogen-bond donors (Lipinski definition) is 1. The van der Waals surface area contributed by atoms with Crippen molar-refractivity contribution in [3.8, 4) is 0 Å². The van der Waals surface area contributed by atoms with Crippen molar-refractivity contribution in [1.82, 2.24) is 5.32 Å². The third-order valence-electron chi connectivity index (χ3n) is 2.64. The van der Waals surface area contributed by atoms with Crippen molar-refractivity contribution in [3.63, 3.8) is 0 Å². The molecule has 1 atom stereocenters. The number of nitrogens with one attached hydrogen (secondary N) is 1. The van der Waals surface area contributed by atoms with E-state index in [2.05, 4.69) is 15.0 Å². The molecule has 1 heterocycles. The minimum Gasteiger partial charge on any atom is -0.370 e. The standard InChI is InChI=1S/C13H15F3N2OS/c14-13(15,16)9-19-7-6-17-12-18-11(8-20-12)10-4-2-1-3-5-10/h1-5,11H,6-9H2,(H,17,18). The summed E-state index contributed by atoms with van der Waals surface area (Å²) in [5.41, 5.74) is 1.18. The minimum atomic E-state index is -4.27. The van der Waals surface area contributed by atoms with Crippen molar-refractivity contribution in [2.75, 3.05) is 25.5 Å². The number of halogens is 3. The third-order valence-corrected chi connectivity index (χ3v) is 3.66. The Morgan fingerprint density at radius 3 is 2.75 bits per heavy atom. The summed E-state index contributed by atoms with van der Waals surface area (Å²) < 4.78 is 40.0. The van der Waals surface area contributed by atoms with E-state index >= 15 is 0 Å². The Bertz CT molecular complexity index is 451. The van der Waals surface area contributed by atoms with E-state index in [1.54, 1.807) is 11.8 Å². The molecule has 1 aliphatic heterocycles. The van der Waals surface area contributed by atoms with Crippen LogP contribution in [0.5, 0.6) is 0 Å². The first-order chi connectivity index (χ1) is 9.54. The fourth-order valence-corrected chi connectivity index (χ4v) is 2.76. The van der Waals surface area contributed by atoms with Crippen LogP contribution in [0, 0.1) is 0 Å². The van der Waals surface area contributed by atoms with Gasteiger partial charge in [-0.1, -0.05) is 42.1 Å². The van der Waals surface area contributed by atoms with Crippen molar-refractivity contribution in [3.05, 3.63) is 35.9 Å². The van der Waals surface area contributed by atoms with Crippen LogP contribution in [-0.4, -0.2) is 36.9 Å². The maximum absolute atomic E-state index is 11.8. The molecule has 110 valence electrons. The molecule has 0 radical (unpaired) electrons. The summed E-state index contributed by atoms with van der Waals surface area (Å²) >= 11 is 1.57. The number of aliphatic imine (C=N–C) groups is 1. The van der Waals surface area contributed by atoms with E-state index in [0.29, 0.717) is 0 Å². The number of amidine groups is 1. The van der Waals surface area contributed by atoms with Crippen LogP contribution in [0.25, 0.3) is 0 Å². The smallest absolute Gasteiger partial charge is 0.370 e. The molecule has 1 saturated heterocycles. The molecule has 0 aromatic heterocycles. The first kappa shape index (κ1) is 15.2. The van der Waals surface area contributed by atoms with Gasteiger partial charge in [-0.3, -0.25) is 4.99 Å². The zero-order valence-electron chi connectivity index (χ0n) is 10.7. The topological polar surface area (TPSA) is 33.6 Å². The zero-order valence-corrected chi connectivity index (χ0v) is 11.5. The molecule has 0 bridgehead atoms. The van der Waals surface area contributed by atoms with Crippen LogP contribution in [-0.2, 0) is 4.74 Å². The van der Waals surface area contributed by atoms with Crippen LogP contribution in [0.15, 0.2) is 35.3 Å². The predicted octanol–water partition coefficient (Wildman–Crippen LogP) is 3.00. The number of hydrogen-bond acceptors (Lipinski definition) is 3. The molecule has 7 heteroatoms. The summed E-state index contributed by atoms with van der Waals surface area (Å²) in [6.07, 6.45) is -4.27. The van der Waals surface area contributed by atoms with Gasteiger partial charge in [0.25, 0.3) is 0 Å². The first-order valence-corrected chi connectivity index (χ1v) is 7.16. The van der Waals surface area contributed by atoms with Gasteiger partial charge in [0.2, 0.25) is 0 Å². The molecule has 1 N–H and O–H groups in total. The summed E-state index contributed by atoms with van der Waals surface area (Å²) in [6.45, 7) is -1.01. The normalized spacial score (nSPS) is 21.1. The highest BCUT2D eigenvalue weighted by molar-refractivity contribution is 8.14. The second-order valence-corrected chi connectivity index (χ2v) is 5.28. The SMILES string of the molecule is FC(F)(F)COCCN=C1NC(c2ccccc2)CS1. The Kier molecular flexibility index (Phi) is 5.31. The molecule has 3 nitrogen and oxygen atoms in total. The molecule has 1 aliphatic rings. The summed E-state index contributed by atoms with van der Waals surface area (Å²) in [4.78, 5) is 4.19. The number of thioether (sulfide) groups is 1. The van der Waals surface area contributed by atoms with E-state index in [1.165, 1.54) is 5.56 Å². The Balaban J connectivity index is 1.72. The summed E-state index contributed by atoms with van der Waals surface area (Å²) in [5.74, 6) is 0.867. The largest absolute Gasteiger partial charge is 0.411 e. The lowest BCUT2D eigenvalue weighted by Gasteiger charge is -2.09. The average Bonchev–Trinajstić information content (AvgIpc) is 2.87. The molecule has 1 unspecified atom stereocenters. The summed E-state index contributed by atoms with van der Waals surface area (Å²) in [5, 5.41) is 4.01. The van der Waals surface area contributed by atoms with E-state index in [0.717, 1.165) is 10.9 Å². The maximum atomic E-state index is 11.8. The van der Waals surface area contributed by atoms with Crippen LogP contribution >= 0.6 is 11.8 Å². The van der Waals surface area contributed by atoms with Crippen molar-refractivity contribution >= 4 is 16.9 Å². The van der Waals surface area contributed by atoms with Gasteiger partial charge in [0.15, 0.2) is 5.17 Å². The molecular formula is C13H15F3N2OS. The molecule has 1 fully saturated rings. The van der Waals surface area contributed by atoms with Gasteiger partial charge in [0.1, 0.15) is 6.61 Å². The van der Waals surface area contributed by atoms with Crippen LogP contribution in [0.3, 0.4) is 0 Å². The predicted molar refractivity (Wildman–Crippen MR) is 74.0 cm³/mol. The molecule has 0 saturated carbocycles. The average molecular weight is 304 g/mol. The van der Waals surface area contributed by atoms with Crippen LogP contribution in [0.4, 0.5) is 13.2 Å². The van der Waals surface area contributed by atoms with E-state index in [1.807, 2.05) is 30.3 Å². The van der Waals surface area contributed by atoms with E-state index in [-0.39, 0.29) is 19.2 Å². The highest BCUT2D eigenvalue weighted by Gasteiger charge is 2.27. The summed E-state index contributed by atoms with van der Waals surface area (Å²) in [7, 11) is 0. The fourth-order valence-electron chi connectivity index (χ4n) is 1.75. The molecule has 1 aromatic rings. The monoisotopic (exact) mass is 304 g/mol. The number of ether oxygens (including phenoxy) is 1. The van der Waals surface area contributed by atoms with Crippen LogP contribution in [0.2, 0.25) is 0 Å². The van der Waals surface area contributed by atoms with Gasteiger partial charge in [-0.05, 0) is 5.56 Å². The van der Waals surface area contributed by atoms with Crippen molar-refractivity contribution < 1.29 is 17.9 Å². The van der Waals surface area contributed by atoms with Gasteiger partial charge in [0.05, 0.1) is 19.2 Å². The van der Waals surface area contributed by atoms with Crippen molar-refractivity contribution in [2.24, 2.45) is 4.99 Å². The van der Waals surface area contributed by atoms with Gasteiger partial charge < -0.3 is 10.1 Å². The molecule has 0 amide bonds. The van der Waals surface area contributed by atoms with Crippen LogP contribution < -0.4 is 5.32 Å². The Hall–Kier alpha value is -1.21. The van der Waals surface area contributed by atoms with Crippen molar-refractivity contribution in [2.45, 2.75) is 12.2 Å². The lowest BCUT2D eigenvalue weighted by molar-refractivity contribution is -0.173. The number of rotatable bonds is 5. The van der Waals surface area contributed by atoms with E-state index in [9.17, 15) is 13.2 Å². The van der Waals surface area contributed by atoms with Gasteiger partial charge in [0, 0.05) is 5.75 Å². The quantitative estimate of drug-likeness (QED) is 0.849. The molecule has 1 aromatic carbocycles. The molecule has 2 rings (SSSR count). The molecule has 20 heavy (non-hydrogen) atoms. The first-order valence-electron chi connectivity index (χ1n) is 6.18.